The van der Waals surface area contributed by atoms with Gasteiger partial charge in [-0.2, -0.15) is 0 Å². The number of hydrogen-bond acceptors (Lipinski definition) is 3. The molecule has 0 fully saturated rings. The molecule has 0 spiro atoms. The molecule has 2 amide bonds. The number of hydrogen-bond donors (Lipinski definition) is 3. The quantitative estimate of drug-likeness (QED) is 0.719. The van der Waals surface area contributed by atoms with Gasteiger partial charge in [0, 0.05) is 18.8 Å². The summed E-state index contributed by atoms with van der Waals surface area (Å²) in [5, 5.41) is 14.5. The van der Waals surface area contributed by atoms with Crippen LogP contribution in [0.5, 0.6) is 0 Å². The first-order valence-electron chi connectivity index (χ1n) is 7.09. The van der Waals surface area contributed by atoms with E-state index >= 15 is 0 Å². The van der Waals surface area contributed by atoms with Gasteiger partial charge in [0.25, 0.3) is 0 Å². The summed E-state index contributed by atoms with van der Waals surface area (Å²) >= 11 is 0. The van der Waals surface area contributed by atoms with Gasteiger partial charge in [0.15, 0.2) is 0 Å². The van der Waals surface area contributed by atoms with Gasteiger partial charge in [-0.3, -0.25) is 0 Å². The second kappa shape index (κ2) is 8.26. The predicted octanol–water partition coefficient (Wildman–Crippen LogP) is 2.16. The van der Waals surface area contributed by atoms with Crippen LogP contribution in [0, 0.1) is 6.92 Å². The number of carboxylic acids is 1. The lowest BCUT2D eigenvalue weighted by molar-refractivity contribution is 0.0696. The van der Waals surface area contributed by atoms with Crippen LogP contribution >= 0.6 is 0 Å². The van der Waals surface area contributed by atoms with Crippen LogP contribution < -0.4 is 10.6 Å². The van der Waals surface area contributed by atoms with Gasteiger partial charge in [0.2, 0.25) is 0 Å². The maximum atomic E-state index is 11.8. The Morgan fingerprint density at radius 1 is 1.24 bits per heavy atom. The summed E-state index contributed by atoms with van der Waals surface area (Å²) in [4.78, 5) is 25.1. The second-order valence-corrected chi connectivity index (χ2v) is 4.69. The van der Waals surface area contributed by atoms with Crippen molar-refractivity contribution >= 4 is 17.7 Å². The number of carbonyl (C=O) groups excluding carboxylic acids is 1. The largest absolute Gasteiger partial charge is 0.478 e. The summed E-state index contributed by atoms with van der Waals surface area (Å²) in [5.41, 5.74) is 1.25. The standard InChI is InChI=1S/C15H23N3O3/c1-4-18(5-2)10-9-16-15(21)17-13-8-6-7-12(11(13)3)14(19)20/h6-8H,4-5,9-10H2,1-3H3,(H,19,20)(H2,16,17,21). The lowest BCUT2D eigenvalue weighted by Gasteiger charge is -2.18. The summed E-state index contributed by atoms with van der Waals surface area (Å²) in [5.74, 6) is -1.00. The Morgan fingerprint density at radius 2 is 1.90 bits per heavy atom. The normalized spacial score (nSPS) is 10.5. The monoisotopic (exact) mass is 293 g/mol. The van der Waals surface area contributed by atoms with Crippen LogP contribution in [0.2, 0.25) is 0 Å². The van der Waals surface area contributed by atoms with Crippen molar-refractivity contribution in [2.45, 2.75) is 20.8 Å². The van der Waals surface area contributed by atoms with Crippen LogP contribution in [0.15, 0.2) is 18.2 Å². The van der Waals surface area contributed by atoms with Crippen molar-refractivity contribution < 1.29 is 14.7 Å². The number of benzene rings is 1. The van der Waals surface area contributed by atoms with E-state index in [0.29, 0.717) is 17.8 Å². The third-order valence-electron chi connectivity index (χ3n) is 3.42. The van der Waals surface area contributed by atoms with E-state index in [9.17, 15) is 9.59 Å². The minimum absolute atomic E-state index is 0.191. The molecule has 0 atom stereocenters. The van der Waals surface area contributed by atoms with Crippen LogP contribution in [0.4, 0.5) is 10.5 Å². The summed E-state index contributed by atoms with van der Waals surface area (Å²) in [6.45, 7) is 9.04. The van der Waals surface area contributed by atoms with Crippen LogP contribution in [0.25, 0.3) is 0 Å². The average Bonchev–Trinajstić information content (AvgIpc) is 2.45. The summed E-state index contributed by atoms with van der Waals surface area (Å²) in [6.07, 6.45) is 0. The molecule has 1 aromatic carbocycles. The zero-order chi connectivity index (χ0) is 15.8. The van der Waals surface area contributed by atoms with Crippen LogP contribution in [0.3, 0.4) is 0 Å². The second-order valence-electron chi connectivity index (χ2n) is 4.69. The summed E-state index contributed by atoms with van der Waals surface area (Å²) in [6, 6.07) is 4.49. The molecule has 21 heavy (non-hydrogen) atoms. The zero-order valence-electron chi connectivity index (χ0n) is 12.8. The van der Waals surface area contributed by atoms with Crippen LogP contribution in [0.1, 0.15) is 29.8 Å². The number of anilines is 1. The SMILES string of the molecule is CCN(CC)CCNC(=O)Nc1cccc(C(=O)O)c1C. The highest BCUT2D eigenvalue weighted by atomic mass is 16.4. The Morgan fingerprint density at radius 3 is 2.48 bits per heavy atom. The molecule has 0 aliphatic rings. The number of aromatic carboxylic acids is 1. The third kappa shape index (κ3) is 5.07. The maximum absolute atomic E-state index is 11.8. The Bertz CT molecular complexity index is 499. The number of rotatable bonds is 7. The predicted molar refractivity (Wildman–Crippen MR) is 82.9 cm³/mol. The van der Waals surface area contributed by atoms with Crippen molar-refractivity contribution in [2.24, 2.45) is 0 Å². The number of likely N-dealkylation sites (N-methyl/N-ethyl adjacent to an activating group) is 1. The first-order valence-corrected chi connectivity index (χ1v) is 7.09. The van der Waals surface area contributed by atoms with Gasteiger partial charge in [-0.15, -0.1) is 0 Å². The number of carbonyl (C=O) groups is 2. The highest BCUT2D eigenvalue weighted by Crippen LogP contribution is 2.18. The molecule has 3 N–H and O–H groups in total. The first kappa shape index (κ1) is 17.0. The third-order valence-corrected chi connectivity index (χ3v) is 3.42. The molecule has 1 aromatic rings. The molecule has 0 radical (unpaired) electrons. The van der Waals surface area contributed by atoms with Crippen molar-refractivity contribution in [1.29, 1.82) is 0 Å². The molecule has 1 rings (SSSR count). The zero-order valence-corrected chi connectivity index (χ0v) is 12.8. The lowest BCUT2D eigenvalue weighted by Crippen LogP contribution is -2.37. The van der Waals surface area contributed by atoms with Gasteiger partial charge < -0.3 is 20.6 Å². The fourth-order valence-corrected chi connectivity index (χ4v) is 2.04. The lowest BCUT2D eigenvalue weighted by atomic mass is 10.1. The summed E-state index contributed by atoms with van der Waals surface area (Å²) < 4.78 is 0. The van der Waals surface area contributed by atoms with Crippen LogP contribution in [-0.2, 0) is 0 Å². The van der Waals surface area contributed by atoms with Crippen molar-refractivity contribution in [3.63, 3.8) is 0 Å². The number of urea groups is 1. The molecule has 0 saturated carbocycles. The molecule has 0 unspecified atom stereocenters. The first-order chi connectivity index (χ1) is 9.99. The van der Waals surface area contributed by atoms with Crippen molar-refractivity contribution in [1.82, 2.24) is 10.2 Å². The minimum Gasteiger partial charge on any atom is -0.478 e. The van der Waals surface area contributed by atoms with E-state index in [1.807, 2.05) is 0 Å². The molecular weight excluding hydrogens is 270 g/mol. The number of amides is 2. The van der Waals surface area contributed by atoms with Gasteiger partial charge >= 0.3 is 12.0 Å². The van der Waals surface area contributed by atoms with Gasteiger partial charge in [0.1, 0.15) is 0 Å². The van der Waals surface area contributed by atoms with Gasteiger partial charge in [-0.25, -0.2) is 9.59 Å². The Labute approximate surface area is 125 Å². The Balaban J connectivity index is 2.56. The van der Waals surface area contributed by atoms with Crippen molar-refractivity contribution in [3.05, 3.63) is 29.3 Å². The molecule has 0 bridgehead atoms. The molecule has 6 heteroatoms. The minimum atomic E-state index is -1.00. The number of carboxylic acid groups (broad SMARTS) is 1. The maximum Gasteiger partial charge on any atom is 0.336 e. The molecule has 0 aliphatic heterocycles. The topological polar surface area (TPSA) is 81.7 Å². The molecule has 0 aromatic heterocycles. The van der Waals surface area contributed by atoms with Gasteiger partial charge in [0.05, 0.1) is 5.56 Å². The summed E-state index contributed by atoms with van der Waals surface area (Å²) in [7, 11) is 0. The van der Waals surface area contributed by atoms with E-state index < -0.39 is 5.97 Å². The van der Waals surface area contributed by atoms with Crippen molar-refractivity contribution in [2.75, 3.05) is 31.5 Å². The Kier molecular flexibility index (Phi) is 6.68. The van der Waals surface area contributed by atoms with E-state index in [2.05, 4.69) is 29.4 Å². The highest BCUT2D eigenvalue weighted by Gasteiger charge is 2.11. The van der Waals surface area contributed by atoms with E-state index in [-0.39, 0.29) is 11.6 Å². The molecule has 0 heterocycles. The number of nitrogens with zero attached hydrogens (tertiary/aromatic N) is 1. The van der Waals surface area contributed by atoms with E-state index in [1.165, 1.54) is 6.07 Å². The van der Waals surface area contributed by atoms with E-state index in [0.717, 1.165) is 19.6 Å². The molecule has 116 valence electrons. The molecule has 0 saturated heterocycles. The highest BCUT2D eigenvalue weighted by molar-refractivity contribution is 5.95. The Hall–Kier alpha value is -2.08. The van der Waals surface area contributed by atoms with Gasteiger partial charge in [-0.05, 0) is 37.7 Å². The molecule has 0 aliphatic carbocycles. The fourth-order valence-electron chi connectivity index (χ4n) is 2.04. The van der Waals surface area contributed by atoms with E-state index in [4.69, 9.17) is 5.11 Å². The molecular formula is C15H23N3O3. The molecule has 6 nitrogen and oxygen atoms in total. The van der Waals surface area contributed by atoms with E-state index in [1.54, 1.807) is 19.1 Å². The van der Waals surface area contributed by atoms with Crippen molar-refractivity contribution in [3.8, 4) is 0 Å². The fraction of sp³-hybridized carbons (Fsp3) is 0.467. The number of nitrogens with one attached hydrogen (secondary N) is 2. The van der Waals surface area contributed by atoms with Crippen LogP contribution in [-0.4, -0.2) is 48.2 Å². The average molecular weight is 293 g/mol. The van der Waals surface area contributed by atoms with Gasteiger partial charge in [-0.1, -0.05) is 19.9 Å². The smallest absolute Gasteiger partial charge is 0.336 e.